The number of aromatic nitrogens is 1. The van der Waals surface area contributed by atoms with Crippen molar-refractivity contribution in [3.63, 3.8) is 0 Å². The van der Waals surface area contributed by atoms with Crippen molar-refractivity contribution in [2.45, 2.75) is 40.2 Å². The fourth-order valence-corrected chi connectivity index (χ4v) is 3.36. The first kappa shape index (κ1) is 15.0. The lowest BCUT2D eigenvalue weighted by molar-refractivity contribution is 0.284. The zero-order chi connectivity index (χ0) is 14.5. The number of hydrogen-bond acceptors (Lipinski definition) is 4. The van der Waals surface area contributed by atoms with E-state index in [9.17, 15) is 5.11 Å². The highest BCUT2D eigenvalue weighted by molar-refractivity contribution is 7.15. The molecule has 20 heavy (non-hydrogen) atoms. The number of thiazole rings is 1. The lowest BCUT2D eigenvalue weighted by Crippen LogP contribution is -2.16. The maximum atomic E-state index is 9.49. The molecule has 2 aromatic rings. The minimum Gasteiger partial charge on any atom is -0.391 e. The first-order chi connectivity index (χ1) is 9.71. The minimum atomic E-state index is 0.0817. The normalized spacial score (nSPS) is 10.8. The van der Waals surface area contributed by atoms with Gasteiger partial charge in [-0.3, -0.25) is 0 Å². The SMILES string of the molecule is CCCc1nc(N(CC)c2ccccc2C)sc1CO. The Kier molecular flexibility index (Phi) is 5.15. The van der Waals surface area contributed by atoms with Gasteiger partial charge in [-0.25, -0.2) is 4.98 Å². The molecule has 0 unspecified atom stereocenters. The van der Waals surface area contributed by atoms with Gasteiger partial charge in [0.05, 0.1) is 17.2 Å². The summed E-state index contributed by atoms with van der Waals surface area (Å²) in [5.41, 5.74) is 3.48. The molecule has 108 valence electrons. The van der Waals surface area contributed by atoms with E-state index in [4.69, 9.17) is 4.98 Å². The summed E-state index contributed by atoms with van der Waals surface area (Å²) in [5.74, 6) is 0. The molecule has 4 heteroatoms. The van der Waals surface area contributed by atoms with Crippen molar-refractivity contribution >= 4 is 22.2 Å². The highest BCUT2D eigenvalue weighted by Crippen LogP contribution is 2.33. The van der Waals surface area contributed by atoms with Crippen molar-refractivity contribution in [2.75, 3.05) is 11.4 Å². The second kappa shape index (κ2) is 6.86. The van der Waals surface area contributed by atoms with Crippen LogP contribution in [0.1, 0.15) is 36.4 Å². The Bertz CT molecular complexity index is 565. The quantitative estimate of drug-likeness (QED) is 0.871. The fraction of sp³-hybridized carbons (Fsp3) is 0.438. The summed E-state index contributed by atoms with van der Waals surface area (Å²) in [6.45, 7) is 7.34. The van der Waals surface area contributed by atoms with E-state index in [0.717, 1.165) is 35.1 Å². The first-order valence-corrected chi connectivity index (χ1v) is 7.95. The van der Waals surface area contributed by atoms with Crippen molar-refractivity contribution in [3.05, 3.63) is 40.4 Å². The number of anilines is 2. The largest absolute Gasteiger partial charge is 0.391 e. The van der Waals surface area contributed by atoms with Gasteiger partial charge < -0.3 is 10.0 Å². The average molecular weight is 290 g/mol. The van der Waals surface area contributed by atoms with E-state index in [0.29, 0.717) is 0 Å². The third-order valence-electron chi connectivity index (χ3n) is 3.35. The van der Waals surface area contributed by atoms with Crippen LogP contribution in [0.15, 0.2) is 24.3 Å². The Hall–Kier alpha value is -1.39. The van der Waals surface area contributed by atoms with Crippen molar-refractivity contribution in [3.8, 4) is 0 Å². The summed E-state index contributed by atoms with van der Waals surface area (Å²) in [6, 6.07) is 8.35. The Morgan fingerprint density at radius 3 is 2.60 bits per heavy atom. The Morgan fingerprint density at radius 1 is 1.25 bits per heavy atom. The number of aliphatic hydroxyl groups is 1. The molecule has 0 saturated carbocycles. The number of aliphatic hydroxyl groups excluding tert-OH is 1. The number of rotatable bonds is 6. The van der Waals surface area contributed by atoms with Crippen molar-refractivity contribution < 1.29 is 5.11 Å². The molecular weight excluding hydrogens is 268 g/mol. The predicted octanol–water partition coefficient (Wildman–Crippen LogP) is 4.05. The van der Waals surface area contributed by atoms with Gasteiger partial charge in [-0.05, 0) is 31.9 Å². The molecule has 0 atom stereocenters. The van der Waals surface area contributed by atoms with Gasteiger partial charge in [0.2, 0.25) is 0 Å². The van der Waals surface area contributed by atoms with E-state index >= 15 is 0 Å². The summed E-state index contributed by atoms with van der Waals surface area (Å²) < 4.78 is 0. The molecule has 2 rings (SSSR count). The summed E-state index contributed by atoms with van der Waals surface area (Å²) in [5, 5.41) is 10.5. The molecule has 0 aliphatic rings. The molecule has 0 aliphatic carbocycles. The number of aryl methyl sites for hydroxylation is 2. The molecule has 0 spiro atoms. The van der Waals surface area contributed by atoms with E-state index < -0.39 is 0 Å². The number of benzene rings is 1. The van der Waals surface area contributed by atoms with Crippen LogP contribution in [-0.2, 0) is 13.0 Å². The van der Waals surface area contributed by atoms with Gasteiger partial charge in [-0.15, -0.1) is 0 Å². The van der Waals surface area contributed by atoms with Gasteiger partial charge in [-0.2, -0.15) is 0 Å². The third-order valence-corrected chi connectivity index (χ3v) is 4.46. The van der Waals surface area contributed by atoms with Crippen LogP contribution in [0.4, 0.5) is 10.8 Å². The van der Waals surface area contributed by atoms with Crippen LogP contribution in [0.2, 0.25) is 0 Å². The molecule has 1 heterocycles. The number of hydrogen-bond donors (Lipinski definition) is 1. The van der Waals surface area contributed by atoms with Crippen molar-refractivity contribution in [1.82, 2.24) is 4.98 Å². The minimum absolute atomic E-state index is 0.0817. The van der Waals surface area contributed by atoms with Gasteiger partial charge in [0, 0.05) is 12.2 Å². The van der Waals surface area contributed by atoms with Gasteiger partial charge in [0.1, 0.15) is 0 Å². The molecule has 0 saturated heterocycles. The van der Waals surface area contributed by atoms with Gasteiger partial charge in [0.25, 0.3) is 0 Å². The molecule has 0 aliphatic heterocycles. The van der Waals surface area contributed by atoms with Gasteiger partial charge >= 0.3 is 0 Å². The van der Waals surface area contributed by atoms with Crippen LogP contribution in [0.3, 0.4) is 0 Å². The third kappa shape index (κ3) is 3.02. The molecule has 1 N–H and O–H groups in total. The standard InChI is InChI=1S/C16H22N2OS/c1-4-8-13-15(11-19)20-16(17-13)18(5-2)14-10-7-6-9-12(14)3/h6-7,9-10,19H,4-5,8,11H2,1-3H3. The predicted molar refractivity (Wildman–Crippen MR) is 85.9 cm³/mol. The maximum absolute atomic E-state index is 9.49. The topological polar surface area (TPSA) is 36.4 Å². The first-order valence-electron chi connectivity index (χ1n) is 7.13. The second-order valence-electron chi connectivity index (χ2n) is 4.81. The summed E-state index contributed by atoms with van der Waals surface area (Å²) in [6.07, 6.45) is 1.98. The maximum Gasteiger partial charge on any atom is 0.190 e. The lowest BCUT2D eigenvalue weighted by atomic mass is 10.2. The monoisotopic (exact) mass is 290 g/mol. The van der Waals surface area contributed by atoms with E-state index in [2.05, 4.69) is 49.9 Å². The second-order valence-corrected chi connectivity index (χ2v) is 5.87. The molecule has 1 aromatic carbocycles. The Balaban J connectivity index is 2.39. The number of para-hydroxylation sites is 1. The van der Waals surface area contributed by atoms with Crippen LogP contribution in [0.5, 0.6) is 0 Å². The van der Waals surface area contributed by atoms with Crippen LogP contribution in [-0.4, -0.2) is 16.6 Å². The molecule has 1 aromatic heterocycles. The molecular formula is C16H22N2OS. The van der Waals surface area contributed by atoms with E-state index in [1.54, 1.807) is 11.3 Å². The van der Waals surface area contributed by atoms with Gasteiger partial charge in [-0.1, -0.05) is 42.9 Å². The summed E-state index contributed by atoms with van der Waals surface area (Å²) in [4.78, 5) is 7.96. The van der Waals surface area contributed by atoms with E-state index in [-0.39, 0.29) is 6.61 Å². The van der Waals surface area contributed by atoms with Crippen LogP contribution in [0, 0.1) is 6.92 Å². The Morgan fingerprint density at radius 2 is 2.00 bits per heavy atom. The molecule has 0 fully saturated rings. The van der Waals surface area contributed by atoms with Crippen LogP contribution >= 0.6 is 11.3 Å². The zero-order valence-electron chi connectivity index (χ0n) is 12.4. The lowest BCUT2D eigenvalue weighted by Gasteiger charge is -2.21. The van der Waals surface area contributed by atoms with Crippen molar-refractivity contribution in [2.24, 2.45) is 0 Å². The molecule has 0 radical (unpaired) electrons. The smallest absolute Gasteiger partial charge is 0.190 e. The van der Waals surface area contributed by atoms with Gasteiger partial charge in [0.15, 0.2) is 5.13 Å². The van der Waals surface area contributed by atoms with Crippen LogP contribution in [0.25, 0.3) is 0 Å². The highest BCUT2D eigenvalue weighted by atomic mass is 32.1. The van der Waals surface area contributed by atoms with Crippen molar-refractivity contribution in [1.29, 1.82) is 0 Å². The zero-order valence-corrected chi connectivity index (χ0v) is 13.2. The average Bonchev–Trinajstić information content (AvgIpc) is 2.85. The van der Waals surface area contributed by atoms with E-state index in [1.165, 1.54) is 11.3 Å². The highest BCUT2D eigenvalue weighted by Gasteiger charge is 2.16. The summed E-state index contributed by atoms with van der Waals surface area (Å²) in [7, 11) is 0. The van der Waals surface area contributed by atoms with Crippen LogP contribution < -0.4 is 4.90 Å². The molecule has 0 amide bonds. The van der Waals surface area contributed by atoms with E-state index in [1.807, 2.05) is 0 Å². The summed E-state index contributed by atoms with van der Waals surface area (Å²) >= 11 is 1.60. The molecule has 0 bridgehead atoms. The fourth-order valence-electron chi connectivity index (χ4n) is 2.32. The Labute approximate surface area is 124 Å². The molecule has 3 nitrogen and oxygen atoms in total. The number of nitrogens with zero attached hydrogens (tertiary/aromatic N) is 2.